The molecule has 1 saturated carbocycles. The Balaban J connectivity index is 1.64. The predicted molar refractivity (Wildman–Crippen MR) is 76.2 cm³/mol. The molecule has 1 aromatic carbocycles. The van der Waals surface area contributed by atoms with Gasteiger partial charge in [-0.25, -0.2) is 0 Å². The summed E-state index contributed by atoms with van der Waals surface area (Å²) in [4.78, 5) is 11.7. The Morgan fingerprint density at radius 2 is 2.00 bits per heavy atom. The zero-order valence-corrected chi connectivity index (χ0v) is 11.6. The molecule has 1 amide bonds. The van der Waals surface area contributed by atoms with Gasteiger partial charge in [-0.1, -0.05) is 17.7 Å². The van der Waals surface area contributed by atoms with Crippen molar-refractivity contribution >= 4 is 11.6 Å². The summed E-state index contributed by atoms with van der Waals surface area (Å²) < 4.78 is 5.57. The van der Waals surface area contributed by atoms with Crippen LogP contribution in [0.3, 0.4) is 0 Å². The summed E-state index contributed by atoms with van der Waals surface area (Å²) in [6, 6.07) is 7.76. The monoisotopic (exact) mass is 262 g/mol. The van der Waals surface area contributed by atoms with Crippen LogP contribution >= 0.6 is 0 Å². The number of hydrogen-bond donors (Lipinski definition) is 2. The molecule has 4 heteroatoms. The van der Waals surface area contributed by atoms with Crippen LogP contribution in [0.5, 0.6) is 0 Å². The van der Waals surface area contributed by atoms with Crippen LogP contribution in [-0.4, -0.2) is 32.2 Å². The smallest absolute Gasteiger partial charge is 0.250 e. The van der Waals surface area contributed by atoms with Gasteiger partial charge in [0.1, 0.15) is 6.61 Å². The molecule has 4 nitrogen and oxygen atoms in total. The number of amides is 1. The fraction of sp³-hybridized carbons (Fsp3) is 0.533. The Kier molecular flexibility index (Phi) is 4.93. The van der Waals surface area contributed by atoms with E-state index in [-0.39, 0.29) is 18.6 Å². The predicted octanol–water partition coefficient (Wildman–Crippen LogP) is 1.95. The van der Waals surface area contributed by atoms with Gasteiger partial charge in [-0.15, -0.1) is 0 Å². The summed E-state index contributed by atoms with van der Waals surface area (Å²) in [6.07, 6.45) is 2.36. The van der Waals surface area contributed by atoms with Crippen molar-refractivity contribution in [2.75, 3.05) is 25.5 Å². The molecule has 0 saturated heterocycles. The summed E-state index contributed by atoms with van der Waals surface area (Å²) >= 11 is 0. The van der Waals surface area contributed by atoms with E-state index in [9.17, 15) is 4.79 Å². The Bertz CT molecular complexity index is 411. The van der Waals surface area contributed by atoms with Gasteiger partial charge in [0.05, 0.1) is 6.10 Å². The maximum atomic E-state index is 11.7. The van der Waals surface area contributed by atoms with Crippen LogP contribution < -0.4 is 10.6 Å². The quantitative estimate of drug-likeness (QED) is 0.824. The van der Waals surface area contributed by atoms with Gasteiger partial charge in [-0.05, 0) is 51.4 Å². The lowest BCUT2D eigenvalue weighted by atomic mass is 9.82. The minimum atomic E-state index is -0.0825. The standard InChI is InChI=1S/C15H22N2O2/c1-11-3-5-13(6-4-11)17-15(18)10-19-14-7-12(8-14)9-16-2/h3-6,12,14,16H,7-10H2,1-2H3,(H,17,18). The number of hydrogen-bond acceptors (Lipinski definition) is 3. The molecular formula is C15H22N2O2. The number of carbonyl (C=O) groups is 1. The highest BCUT2D eigenvalue weighted by atomic mass is 16.5. The first kappa shape index (κ1) is 14.0. The molecule has 0 radical (unpaired) electrons. The van der Waals surface area contributed by atoms with Crippen LogP contribution in [-0.2, 0) is 9.53 Å². The molecule has 0 unspecified atom stereocenters. The van der Waals surface area contributed by atoms with Crippen LogP contribution in [0.1, 0.15) is 18.4 Å². The van der Waals surface area contributed by atoms with E-state index < -0.39 is 0 Å². The van der Waals surface area contributed by atoms with Gasteiger partial charge in [-0.3, -0.25) is 4.79 Å². The lowest BCUT2D eigenvalue weighted by Crippen LogP contribution is -2.38. The average Bonchev–Trinajstić information content (AvgIpc) is 2.35. The zero-order chi connectivity index (χ0) is 13.7. The van der Waals surface area contributed by atoms with Gasteiger partial charge < -0.3 is 15.4 Å². The normalized spacial score (nSPS) is 21.8. The van der Waals surface area contributed by atoms with Crippen LogP contribution in [0.25, 0.3) is 0 Å². The number of aryl methyl sites for hydroxylation is 1. The Labute approximate surface area is 114 Å². The van der Waals surface area contributed by atoms with Crippen molar-refractivity contribution in [1.29, 1.82) is 0 Å². The molecule has 0 aromatic heterocycles. The molecular weight excluding hydrogens is 240 g/mol. The second kappa shape index (κ2) is 6.68. The highest BCUT2D eigenvalue weighted by Gasteiger charge is 2.29. The minimum absolute atomic E-state index is 0.0825. The first-order chi connectivity index (χ1) is 9.17. The summed E-state index contributed by atoms with van der Waals surface area (Å²) in [5.74, 6) is 0.621. The summed E-state index contributed by atoms with van der Waals surface area (Å²) in [5, 5.41) is 5.99. The van der Waals surface area contributed by atoms with Gasteiger partial charge in [-0.2, -0.15) is 0 Å². The lowest BCUT2D eigenvalue weighted by molar-refractivity contribution is -0.125. The molecule has 0 heterocycles. The number of benzene rings is 1. The maximum absolute atomic E-state index is 11.7. The van der Waals surface area contributed by atoms with E-state index in [1.165, 1.54) is 5.56 Å². The number of rotatable bonds is 6. The van der Waals surface area contributed by atoms with Crippen LogP contribution in [0.2, 0.25) is 0 Å². The van der Waals surface area contributed by atoms with Crippen molar-refractivity contribution in [3.05, 3.63) is 29.8 Å². The van der Waals surface area contributed by atoms with Gasteiger partial charge >= 0.3 is 0 Å². The second-order valence-electron chi connectivity index (χ2n) is 5.24. The molecule has 0 spiro atoms. The van der Waals surface area contributed by atoms with E-state index in [4.69, 9.17) is 4.74 Å². The number of anilines is 1. The third-order valence-electron chi connectivity index (χ3n) is 3.47. The topological polar surface area (TPSA) is 50.4 Å². The van der Waals surface area contributed by atoms with E-state index in [0.29, 0.717) is 5.92 Å². The van der Waals surface area contributed by atoms with Gasteiger partial charge in [0, 0.05) is 5.69 Å². The van der Waals surface area contributed by atoms with E-state index in [2.05, 4.69) is 10.6 Å². The molecule has 1 aliphatic rings. The van der Waals surface area contributed by atoms with Gasteiger partial charge in [0.15, 0.2) is 0 Å². The highest BCUT2D eigenvalue weighted by molar-refractivity contribution is 5.91. The molecule has 0 aliphatic heterocycles. The Hall–Kier alpha value is -1.39. The lowest BCUT2D eigenvalue weighted by Gasteiger charge is -2.34. The zero-order valence-electron chi connectivity index (χ0n) is 11.6. The van der Waals surface area contributed by atoms with Gasteiger partial charge in [0.2, 0.25) is 5.91 Å². The van der Waals surface area contributed by atoms with E-state index >= 15 is 0 Å². The summed E-state index contributed by atoms with van der Waals surface area (Å²) in [7, 11) is 1.96. The number of nitrogens with one attached hydrogen (secondary N) is 2. The second-order valence-corrected chi connectivity index (χ2v) is 5.24. The van der Waals surface area contributed by atoms with Crippen LogP contribution in [0, 0.1) is 12.8 Å². The van der Waals surface area contributed by atoms with Crippen molar-refractivity contribution in [1.82, 2.24) is 5.32 Å². The first-order valence-corrected chi connectivity index (χ1v) is 6.80. The highest BCUT2D eigenvalue weighted by Crippen LogP contribution is 2.29. The SMILES string of the molecule is CNCC1CC(OCC(=O)Nc2ccc(C)cc2)C1. The fourth-order valence-corrected chi connectivity index (χ4v) is 2.29. The molecule has 1 aliphatic carbocycles. The molecule has 2 rings (SSSR count). The van der Waals surface area contributed by atoms with Crippen molar-refractivity contribution < 1.29 is 9.53 Å². The third-order valence-corrected chi connectivity index (χ3v) is 3.47. The molecule has 1 fully saturated rings. The molecule has 1 aromatic rings. The molecule has 0 bridgehead atoms. The Morgan fingerprint density at radius 1 is 1.32 bits per heavy atom. The maximum Gasteiger partial charge on any atom is 0.250 e. The van der Waals surface area contributed by atoms with Crippen LogP contribution in [0.15, 0.2) is 24.3 Å². The van der Waals surface area contributed by atoms with E-state index in [1.54, 1.807) is 0 Å². The summed E-state index contributed by atoms with van der Waals surface area (Å²) in [5.41, 5.74) is 2.00. The average molecular weight is 262 g/mol. The molecule has 0 atom stereocenters. The number of carbonyl (C=O) groups excluding carboxylic acids is 1. The minimum Gasteiger partial charge on any atom is -0.368 e. The van der Waals surface area contributed by atoms with Crippen molar-refractivity contribution in [2.45, 2.75) is 25.9 Å². The molecule has 2 N–H and O–H groups in total. The first-order valence-electron chi connectivity index (χ1n) is 6.80. The van der Waals surface area contributed by atoms with Gasteiger partial charge in [0.25, 0.3) is 0 Å². The van der Waals surface area contributed by atoms with Crippen molar-refractivity contribution in [2.24, 2.45) is 5.92 Å². The van der Waals surface area contributed by atoms with E-state index in [0.717, 1.165) is 25.1 Å². The van der Waals surface area contributed by atoms with Crippen molar-refractivity contribution in [3.63, 3.8) is 0 Å². The largest absolute Gasteiger partial charge is 0.368 e. The van der Waals surface area contributed by atoms with Crippen LogP contribution in [0.4, 0.5) is 5.69 Å². The number of ether oxygens (including phenoxy) is 1. The fourth-order valence-electron chi connectivity index (χ4n) is 2.29. The Morgan fingerprint density at radius 3 is 2.63 bits per heavy atom. The van der Waals surface area contributed by atoms with Crippen molar-refractivity contribution in [3.8, 4) is 0 Å². The third kappa shape index (κ3) is 4.33. The summed E-state index contributed by atoms with van der Waals surface area (Å²) in [6.45, 7) is 3.20. The van der Waals surface area contributed by atoms with E-state index in [1.807, 2.05) is 38.2 Å². The molecule has 19 heavy (non-hydrogen) atoms. The molecule has 104 valence electrons.